The summed E-state index contributed by atoms with van der Waals surface area (Å²) >= 11 is 4.83. The Morgan fingerprint density at radius 2 is 2.00 bits per heavy atom. The fraction of sp³-hybridized carbons (Fsp3) is 0.214. The molecule has 5 heteroatoms. The Kier molecular flexibility index (Phi) is 4.37. The van der Waals surface area contributed by atoms with Crippen molar-refractivity contribution in [2.75, 3.05) is 11.4 Å². The topological polar surface area (TPSA) is 20.3 Å². The summed E-state index contributed by atoms with van der Waals surface area (Å²) < 4.78 is 13.9. The van der Waals surface area contributed by atoms with E-state index in [1.807, 2.05) is 19.9 Å². The molecule has 1 amide bonds. The molecule has 1 heterocycles. The monoisotopic (exact) mass is 341 g/mol. The van der Waals surface area contributed by atoms with Gasteiger partial charge < -0.3 is 4.90 Å². The van der Waals surface area contributed by atoms with E-state index in [0.29, 0.717) is 17.1 Å². The van der Waals surface area contributed by atoms with E-state index in [1.54, 1.807) is 17.0 Å². The molecule has 2 nitrogen and oxygen atoms in total. The van der Waals surface area contributed by atoms with E-state index >= 15 is 0 Å². The van der Waals surface area contributed by atoms with E-state index in [9.17, 15) is 9.18 Å². The molecule has 100 valence electrons. The lowest BCUT2D eigenvalue weighted by Crippen LogP contribution is -2.29. The molecule has 0 spiro atoms. The van der Waals surface area contributed by atoms with Gasteiger partial charge in [-0.05, 0) is 65.7 Å². The zero-order chi connectivity index (χ0) is 14.0. The zero-order valence-corrected chi connectivity index (χ0v) is 13.0. The molecule has 0 saturated heterocycles. The van der Waals surface area contributed by atoms with E-state index in [-0.39, 0.29) is 11.7 Å². The van der Waals surface area contributed by atoms with Gasteiger partial charge in [0.2, 0.25) is 0 Å². The third-order valence-electron chi connectivity index (χ3n) is 2.77. The second-order valence-corrected chi connectivity index (χ2v) is 6.46. The minimum Gasteiger partial charge on any atom is -0.308 e. The SMILES string of the molecule is CCN(C(=O)c1cc(C)c(Br)s1)c1ccc(F)cc1. The number of hydrogen-bond acceptors (Lipinski definition) is 2. The van der Waals surface area contributed by atoms with Crippen LogP contribution in [0.25, 0.3) is 0 Å². The molecule has 0 N–H and O–H groups in total. The molecule has 19 heavy (non-hydrogen) atoms. The van der Waals surface area contributed by atoms with Crippen molar-refractivity contribution < 1.29 is 9.18 Å². The Balaban J connectivity index is 2.31. The predicted octanol–water partition coefficient (Wildman–Crippen LogP) is 4.62. The van der Waals surface area contributed by atoms with Crippen LogP contribution in [0, 0.1) is 12.7 Å². The zero-order valence-electron chi connectivity index (χ0n) is 10.6. The average molecular weight is 342 g/mol. The van der Waals surface area contributed by atoms with E-state index in [2.05, 4.69) is 15.9 Å². The Labute approximate surface area is 124 Å². The summed E-state index contributed by atoms with van der Waals surface area (Å²) in [6.07, 6.45) is 0. The van der Waals surface area contributed by atoms with Gasteiger partial charge in [-0.15, -0.1) is 11.3 Å². The van der Waals surface area contributed by atoms with Gasteiger partial charge in [-0.2, -0.15) is 0 Å². The fourth-order valence-corrected chi connectivity index (χ4v) is 3.25. The highest BCUT2D eigenvalue weighted by Gasteiger charge is 2.19. The third-order valence-corrected chi connectivity index (χ3v) is 4.89. The van der Waals surface area contributed by atoms with Crippen LogP contribution in [0.15, 0.2) is 34.1 Å². The Hall–Kier alpha value is -1.20. The second-order valence-electron chi connectivity index (χ2n) is 4.09. The number of hydrogen-bond donors (Lipinski definition) is 0. The number of thiophene rings is 1. The molecule has 0 fully saturated rings. The molecular formula is C14H13BrFNOS. The Bertz CT molecular complexity index is 574. The van der Waals surface area contributed by atoms with Crippen molar-refractivity contribution in [3.63, 3.8) is 0 Å². The molecule has 0 saturated carbocycles. The van der Waals surface area contributed by atoms with Crippen LogP contribution in [0.4, 0.5) is 10.1 Å². The van der Waals surface area contributed by atoms with Crippen LogP contribution in [0.5, 0.6) is 0 Å². The van der Waals surface area contributed by atoms with Crippen molar-refractivity contribution in [2.45, 2.75) is 13.8 Å². The molecular weight excluding hydrogens is 329 g/mol. The van der Waals surface area contributed by atoms with Crippen LogP contribution in [0.3, 0.4) is 0 Å². The molecule has 1 aromatic carbocycles. The molecule has 1 aromatic heterocycles. The van der Waals surface area contributed by atoms with Gasteiger partial charge >= 0.3 is 0 Å². The molecule has 0 bridgehead atoms. The first-order chi connectivity index (χ1) is 9.02. The molecule has 0 aliphatic rings. The summed E-state index contributed by atoms with van der Waals surface area (Å²) in [5, 5.41) is 0. The van der Waals surface area contributed by atoms with Gasteiger partial charge in [-0.1, -0.05) is 0 Å². The lowest BCUT2D eigenvalue weighted by atomic mass is 10.2. The number of aryl methyl sites for hydroxylation is 1. The van der Waals surface area contributed by atoms with Crippen molar-refractivity contribution in [1.29, 1.82) is 0 Å². The largest absolute Gasteiger partial charge is 0.308 e. The van der Waals surface area contributed by atoms with Crippen molar-refractivity contribution in [3.8, 4) is 0 Å². The summed E-state index contributed by atoms with van der Waals surface area (Å²) in [4.78, 5) is 14.8. The van der Waals surface area contributed by atoms with Gasteiger partial charge in [-0.25, -0.2) is 4.39 Å². The maximum absolute atomic E-state index is 12.9. The number of benzene rings is 1. The standard InChI is InChI=1S/C14H13BrFNOS/c1-3-17(11-6-4-10(16)5-7-11)14(18)12-8-9(2)13(15)19-12/h4-8H,3H2,1-2H3. The highest BCUT2D eigenvalue weighted by molar-refractivity contribution is 9.11. The van der Waals surface area contributed by atoms with Crippen molar-refractivity contribution in [3.05, 3.63) is 50.4 Å². The van der Waals surface area contributed by atoms with Gasteiger partial charge in [0, 0.05) is 12.2 Å². The van der Waals surface area contributed by atoms with Gasteiger partial charge in [-0.3, -0.25) is 4.79 Å². The minimum atomic E-state index is -0.304. The van der Waals surface area contributed by atoms with Crippen molar-refractivity contribution in [2.24, 2.45) is 0 Å². The number of carbonyl (C=O) groups excluding carboxylic acids is 1. The van der Waals surface area contributed by atoms with Gasteiger partial charge in [0.05, 0.1) is 8.66 Å². The maximum Gasteiger partial charge on any atom is 0.268 e. The van der Waals surface area contributed by atoms with Crippen LogP contribution in [0.1, 0.15) is 22.2 Å². The Morgan fingerprint density at radius 3 is 2.47 bits per heavy atom. The molecule has 0 aliphatic carbocycles. The molecule has 2 aromatic rings. The van der Waals surface area contributed by atoms with Gasteiger partial charge in [0.25, 0.3) is 5.91 Å². The van der Waals surface area contributed by atoms with E-state index in [4.69, 9.17) is 0 Å². The number of rotatable bonds is 3. The van der Waals surface area contributed by atoms with Gasteiger partial charge in [0.15, 0.2) is 0 Å². The average Bonchev–Trinajstić information content (AvgIpc) is 2.73. The summed E-state index contributed by atoms with van der Waals surface area (Å²) in [6, 6.07) is 7.82. The first-order valence-electron chi connectivity index (χ1n) is 5.86. The van der Waals surface area contributed by atoms with Crippen LogP contribution in [-0.2, 0) is 0 Å². The first-order valence-corrected chi connectivity index (χ1v) is 7.47. The Morgan fingerprint density at radius 1 is 1.37 bits per heavy atom. The lowest BCUT2D eigenvalue weighted by Gasteiger charge is -2.20. The van der Waals surface area contributed by atoms with Crippen molar-refractivity contribution >= 4 is 38.9 Å². The quantitative estimate of drug-likeness (QED) is 0.797. The molecule has 0 atom stereocenters. The number of halogens is 2. The maximum atomic E-state index is 12.9. The highest BCUT2D eigenvalue weighted by Crippen LogP contribution is 2.29. The molecule has 2 rings (SSSR count). The fourth-order valence-electron chi connectivity index (χ4n) is 1.76. The molecule has 0 radical (unpaired) electrons. The highest BCUT2D eigenvalue weighted by atomic mass is 79.9. The first kappa shape index (κ1) is 14.2. The third kappa shape index (κ3) is 3.04. The molecule has 0 unspecified atom stereocenters. The lowest BCUT2D eigenvalue weighted by molar-refractivity contribution is 0.0992. The number of nitrogens with zero attached hydrogens (tertiary/aromatic N) is 1. The van der Waals surface area contributed by atoms with Crippen LogP contribution >= 0.6 is 27.3 Å². The van der Waals surface area contributed by atoms with Crippen LogP contribution < -0.4 is 4.90 Å². The summed E-state index contributed by atoms with van der Waals surface area (Å²) in [6.45, 7) is 4.39. The second kappa shape index (κ2) is 5.84. The van der Waals surface area contributed by atoms with Gasteiger partial charge in [0.1, 0.15) is 5.82 Å². The van der Waals surface area contributed by atoms with E-state index in [1.165, 1.54) is 23.5 Å². The molecule has 0 aliphatic heterocycles. The van der Waals surface area contributed by atoms with E-state index in [0.717, 1.165) is 9.35 Å². The number of anilines is 1. The minimum absolute atomic E-state index is 0.0621. The number of amides is 1. The summed E-state index contributed by atoms with van der Waals surface area (Å²) in [5.41, 5.74) is 1.75. The van der Waals surface area contributed by atoms with Crippen LogP contribution in [-0.4, -0.2) is 12.5 Å². The number of carbonyl (C=O) groups is 1. The summed E-state index contributed by atoms with van der Waals surface area (Å²) in [5.74, 6) is -0.366. The predicted molar refractivity (Wildman–Crippen MR) is 80.5 cm³/mol. The normalized spacial score (nSPS) is 10.5. The smallest absolute Gasteiger partial charge is 0.268 e. The van der Waals surface area contributed by atoms with Crippen molar-refractivity contribution in [1.82, 2.24) is 0 Å². The van der Waals surface area contributed by atoms with E-state index < -0.39 is 0 Å². The summed E-state index contributed by atoms with van der Waals surface area (Å²) in [7, 11) is 0. The van der Waals surface area contributed by atoms with Crippen LogP contribution in [0.2, 0.25) is 0 Å².